The van der Waals surface area contributed by atoms with Gasteiger partial charge in [-0.2, -0.15) is 0 Å². The monoisotopic (exact) mass is 750 g/mol. The van der Waals surface area contributed by atoms with E-state index < -0.39 is 115 Å². The molecule has 8 nitrogen and oxygen atoms in total. The first kappa shape index (κ1) is 36.4. The van der Waals surface area contributed by atoms with E-state index in [4.69, 9.17) is 35.4 Å². The van der Waals surface area contributed by atoms with Crippen LogP contribution >= 0.6 is 0 Å². The summed E-state index contributed by atoms with van der Waals surface area (Å²) in [5, 5.41) is 0. The Labute approximate surface area is 279 Å². The van der Waals surface area contributed by atoms with Gasteiger partial charge in [0.15, 0.2) is 107 Å². The van der Waals surface area contributed by atoms with Crippen molar-refractivity contribution in [3.63, 3.8) is 0 Å². The van der Waals surface area contributed by atoms with Gasteiger partial charge in [0, 0.05) is 0 Å². The first-order chi connectivity index (χ1) is 19.8. The Bertz CT molecular complexity index is 1190. The molecule has 0 radical (unpaired) electrons. The molecule has 0 spiro atoms. The van der Waals surface area contributed by atoms with Crippen molar-refractivity contribution >= 4 is 76.2 Å². The van der Waals surface area contributed by atoms with Crippen LogP contribution in [0, 0.1) is 0 Å². The lowest BCUT2D eigenvalue weighted by Crippen LogP contribution is -3.53. The van der Waals surface area contributed by atoms with Crippen LogP contribution in [0.1, 0.15) is 13.3 Å². The maximum Gasteiger partial charge on any atom is 0.225 e. The smallest absolute Gasteiger partial charge is 0.225 e. The highest BCUT2D eigenvalue weighted by Crippen LogP contribution is 3.16. The second-order valence-corrected chi connectivity index (χ2v) is 41.3. The molecular weight excluding hydrogens is 689 g/mol. The van der Waals surface area contributed by atoms with Crippen LogP contribution < -0.4 is 0 Å². The molecule has 0 heterocycles. The molecule has 6 aliphatic rings. The second-order valence-electron chi connectivity index (χ2n) is 17.7. The van der Waals surface area contributed by atoms with Crippen LogP contribution in [0.25, 0.3) is 0 Å². The van der Waals surface area contributed by atoms with E-state index in [2.05, 4.69) is 124 Å². The van der Waals surface area contributed by atoms with Crippen LogP contribution in [0.2, 0.25) is 111 Å². The van der Waals surface area contributed by atoms with Crippen LogP contribution in [0.5, 0.6) is 0 Å². The van der Waals surface area contributed by atoms with Gasteiger partial charge >= 0.3 is 0 Å². The molecule has 6 saturated carbocycles. The van der Waals surface area contributed by atoms with Gasteiger partial charge in [0.2, 0.25) is 8.65 Å². The molecule has 0 aliphatic heterocycles. The lowest BCUT2D eigenvalue weighted by Gasteiger charge is -3.24. The van der Waals surface area contributed by atoms with E-state index >= 15 is 0 Å². The summed E-state index contributed by atoms with van der Waals surface area (Å²) < 4.78 is 60.7. The van der Waals surface area contributed by atoms with Gasteiger partial charge in [-0.25, -0.2) is 0 Å². The van der Waals surface area contributed by atoms with Crippen molar-refractivity contribution in [3.05, 3.63) is 0 Å². The summed E-state index contributed by atoms with van der Waals surface area (Å²) in [7, 11) is -14.0. The van der Waals surface area contributed by atoms with Gasteiger partial charge in [-0.15, -0.1) is 0 Å². The fourth-order valence-corrected chi connectivity index (χ4v) is 21.0. The van der Waals surface area contributed by atoms with Crippen LogP contribution in [-0.2, 0) is 35.4 Å². The van der Waals surface area contributed by atoms with E-state index in [1.165, 1.54) is 0 Å². The minimum absolute atomic E-state index is 0.849. The van der Waals surface area contributed by atoms with Gasteiger partial charge in [0.05, 0.1) is 0 Å². The largest absolute Gasteiger partial charge is 0.537 e. The molecule has 0 saturated heterocycles. The van der Waals surface area contributed by atoms with Gasteiger partial charge in [0.25, 0.3) is 0 Å². The molecule has 16 heteroatoms. The Morgan fingerprint density at radius 1 is 0.568 bits per heavy atom. The molecular formula is C28H62O8Si8. The van der Waals surface area contributed by atoms with Crippen molar-refractivity contribution < 1.29 is 35.4 Å². The normalized spacial score (nSPS) is 45.8. The molecule has 44 heavy (non-hydrogen) atoms. The van der Waals surface area contributed by atoms with E-state index in [9.17, 15) is 0 Å². The summed E-state index contributed by atoms with van der Waals surface area (Å²) in [5.74, 6) is 0. The minimum Gasteiger partial charge on any atom is -0.537 e. The fraction of sp³-hybridized carbons (Fsp3) is 0.964. The Hall–Kier alpha value is 1.13. The molecule has 254 valence electrons. The summed E-state index contributed by atoms with van der Waals surface area (Å²) in [6, 6.07) is 0. The molecule has 0 aromatic rings. The number of hydrogen-bond acceptors (Lipinski definition) is 8. The van der Waals surface area contributed by atoms with Crippen molar-refractivity contribution in [1.82, 2.24) is 0 Å². The summed E-state index contributed by atoms with van der Waals surface area (Å²) in [5.41, 5.74) is -4.65. The number of hydrogen-bond donors (Lipinski definition) is 0. The third-order valence-electron chi connectivity index (χ3n) is 9.73. The third kappa shape index (κ3) is 3.22. The van der Waals surface area contributed by atoms with Crippen LogP contribution in [0.15, 0.2) is 0 Å². The maximum absolute atomic E-state index is 7.73. The lowest BCUT2D eigenvalue weighted by atomic mass is 8.87. The highest BCUT2D eigenvalue weighted by molar-refractivity contribution is 6.72. The van der Waals surface area contributed by atoms with E-state index in [1.54, 1.807) is 0 Å². The lowest BCUT2D eigenvalue weighted by molar-refractivity contribution is -0.836. The van der Waals surface area contributed by atoms with E-state index in [1.807, 2.05) is 0 Å². The highest BCUT2D eigenvalue weighted by atomic mass is 28.4. The number of rotatable bonds is 17. The fourth-order valence-electron chi connectivity index (χ4n) is 10.7. The first-order valence-corrected chi connectivity index (χ1v) is 39.3. The first-order valence-electron chi connectivity index (χ1n) is 16.9. The Morgan fingerprint density at radius 2 is 0.886 bits per heavy atom. The van der Waals surface area contributed by atoms with Crippen LogP contribution in [-0.4, -0.2) is 121 Å². The summed E-state index contributed by atoms with van der Waals surface area (Å²) >= 11 is 0. The zero-order chi connectivity index (χ0) is 33.6. The molecule has 4 atom stereocenters. The average Bonchev–Trinajstić information content (AvgIpc) is 2.79. The molecule has 6 fully saturated rings. The molecule has 6 aliphatic carbocycles. The van der Waals surface area contributed by atoms with Crippen molar-refractivity contribution in [2.75, 3.05) is 0 Å². The molecule has 0 aromatic carbocycles. The molecule has 0 amide bonds. The second kappa shape index (κ2) is 9.88. The van der Waals surface area contributed by atoms with Crippen LogP contribution in [0.4, 0.5) is 0 Å². The molecule has 0 N–H and O–H groups in total. The van der Waals surface area contributed by atoms with Crippen molar-refractivity contribution in [2.24, 2.45) is 0 Å². The van der Waals surface area contributed by atoms with Gasteiger partial charge < -0.3 is 35.4 Å². The summed E-state index contributed by atoms with van der Waals surface area (Å²) in [4.78, 5) is 0. The van der Waals surface area contributed by atoms with Crippen molar-refractivity contribution in [2.45, 2.75) is 169 Å². The van der Waals surface area contributed by atoms with E-state index in [-0.39, 0.29) is 0 Å². The highest BCUT2D eigenvalue weighted by Gasteiger charge is 3.47. The van der Waals surface area contributed by atoms with Crippen LogP contribution in [0.3, 0.4) is 0 Å². The quantitative estimate of drug-likeness (QED) is 0.206. The third-order valence-corrected chi connectivity index (χ3v) is 17.3. The molecule has 0 bridgehead atoms. The van der Waals surface area contributed by atoms with E-state index in [0.717, 1.165) is 6.42 Å². The van der Waals surface area contributed by atoms with Crippen molar-refractivity contribution in [3.8, 4) is 0 Å². The van der Waals surface area contributed by atoms with Gasteiger partial charge in [-0.3, -0.25) is 0 Å². The molecule has 6 rings (SSSR count). The van der Waals surface area contributed by atoms with E-state index in [0.29, 0.717) is 0 Å². The molecule has 4 unspecified atom stereocenters. The average molecular weight is 751 g/mol. The summed E-state index contributed by atoms with van der Waals surface area (Å²) in [6.07, 6.45) is 0.950. The topological polar surface area (TPSA) is 73.8 Å². The Morgan fingerprint density at radius 3 is 1.16 bits per heavy atom. The van der Waals surface area contributed by atoms with Crippen molar-refractivity contribution in [1.29, 1.82) is 0 Å². The molecule has 0 aromatic heterocycles. The van der Waals surface area contributed by atoms with Gasteiger partial charge in [0.1, 0.15) is 0 Å². The van der Waals surface area contributed by atoms with Gasteiger partial charge in [-0.1, -0.05) is 25.7 Å². The standard InChI is InChI=1S/C28H62O8Si8/c1-19-20-40(6)32-24-21(29-37-2)23(31-39(4)5)22(24,30-38-3)26(34-42(10,11)12)27(23,35-43(13,14)15)25(21,33-41(7,8)9)28(24,26)36-44(16,17)18/h20,39H,19,37-38H2,1-18H3/b40-20+. The van der Waals surface area contributed by atoms with Gasteiger partial charge in [-0.05, 0) is 105 Å². The zero-order valence-corrected chi connectivity index (χ0v) is 40.0. The Balaban J connectivity index is 1.98. The zero-order valence-electron chi connectivity index (χ0n) is 31.0. The predicted octanol–water partition coefficient (Wildman–Crippen LogP) is 4.10. The SMILES string of the molecule is CC/C=[Si](\C)OC12C3(O[SiH2]C)C4(O[SiH](C)C)C1(O[SiH2]C)C1(O[Si](C)(C)C)C2(O[Si](C)(C)C)C3(O[Si](C)(C)C)C41O[Si](C)(C)C. The minimum atomic E-state index is -2.26. The maximum atomic E-state index is 7.73. The summed E-state index contributed by atoms with van der Waals surface area (Å²) in [6.45, 7) is 40.8. The Kier molecular flexibility index (Phi) is 8.18. The predicted molar refractivity (Wildman–Crippen MR) is 200 cm³/mol.